The first-order chi connectivity index (χ1) is 12.6. The van der Waals surface area contributed by atoms with Crippen LogP contribution in [0.4, 0.5) is 0 Å². The molecule has 4 heteroatoms. The molecule has 3 rings (SSSR count). The van der Waals surface area contributed by atoms with Gasteiger partial charge >= 0.3 is 0 Å². The Morgan fingerprint density at radius 1 is 1.04 bits per heavy atom. The molecule has 0 fully saturated rings. The first kappa shape index (κ1) is 18.0. The molecular weight excluding hydrogens is 346 g/mol. The maximum Gasteiger partial charge on any atom is 0.255 e. The van der Waals surface area contributed by atoms with Crippen LogP contribution >= 0.6 is 11.6 Å². The van der Waals surface area contributed by atoms with Crippen molar-refractivity contribution in [3.8, 4) is 16.9 Å². The van der Waals surface area contributed by atoms with Crippen molar-refractivity contribution in [2.24, 2.45) is 0 Å². The molecule has 3 nitrogen and oxygen atoms in total. The minimum absolute atomic E-state index is 0.0856. The summed E-state index contributed by atoms with van der Waals surface area (Å²) in [6, 6.07) is 20.8. The molecule has 0 aliphatic heterocycles. The Kier molecular flexibility index (Phi) is 5.59. The molecule has 132 valence electrons. The van der Waals surface area contributed by atoms with Gasteiger partial charge < -0.3 is 10.4 Å². The number of amides is 1. The summed E-state index contributed by atoms with van der Waals surface area (Å²) in [6.45, 7) is 2.51. The SMILES string of the molecule is CCc1ccccc1-c1cccc(CNC(=O)c2cc(Cl)ccc2O)c1. The van der Waals surface area contributed by atoms with Crippen molar-refractivity contribution < 1.29 is 9.90 Å². The summed E-state index contributed by atoms with van der Waals surface area (Å²) in [6.07, 6.45) is 0.963. The minimum atomic E-state index is -0.357. The topological polar surface area (TPSA) is 49.3 Å². The number of hydrogen-bond acceptors (Lipinski definition) is 2. The molecule has 0 radical (unpaired) electrons. The van der Waals surface area contributed by atoms with Crippen molar-refractivity contribution in [3.05, 3.63) is 88.4 Å². The molecule has 0 unspecified atom stereocenters. The Balaban J connectivity index is 1.77. The summed E-state index contributed by atoms with van der Waals surface area (Å²) in [5.74, 6) is -0.443. The monoisotopic (exact) mass is 365 g/mol. The quantitative estimate of drug-likeness (QED) is 0.652. The van der Waals surface area contributed by atoms with E-state index in [1.54, 1.807) is 6.07 Å². The summed E-state index contributed by atoms with van der Waals surface area (Å²) in [5.41, 5.74) is 4.78. The molecule has 3 aromatic rings. The molecule has 0 spiro atoms. The number of rotatable bonds is 5. The van der Waals surface area contributed by atoms with Crippen LogP contribution in [0.3, 0.4) is 0 Å². The second-order valence-electron chi connectivity index (χ2n) is 6.06. The molecule has 0 aromatic heterocycles. The van der Waals surface area contributed by atoms with Gasteiger partial charge in [0.05, 0.1) is 5.56 Å². The zero-order valence-electron chi connectivity index (χ0n) is 14.5. The zero-order chi connectivity index (χ0) is 18.5. The van der Waals surface area contributed by atoms with Gasteiger partial charge in [0.25, 0.3) is 5.91 Å². The lowest BCUT2D eigenvalue weighted by molar-refractivity contribution is 0.0948. The van der Waals surface area contributed by atoms with Crippen LogP contribution in [0.15, 0.2) is 66.7 Å². The van der Waals surface area contributed by atoms with Crippen LogP contribution in [-0.4, -0.2) is 11.0 Å². The number of benzene rings is 3. The predicted molar refractivity (Wildman–Crippen MR) is 106 cm³/mol. The van der Waals surface area contributed by atoms with Gasteiger partial charge in [-0.1, -0.05) is 61.0 Å². The summed E-state index contributed by atoms with van der Waals surface area (Å²) in [5, 5.41) is 13.1. The van der Waals surface area contributed by atoms with E-state index in [1.165, 1.54) is 23.3 Å². The summed E-state index contributed by atoms with van der Waals surface area (Å²) < 4.78 is 0. The molecule has 0 aliphatic carbocycles. The van der Waals surface area contributed by atoms with Gasteiger partial charge in [-0.05, 0) is 52.9 Å². The molecule has 0 atom stereocenters. The van der Waals surface area contributed by atoms with Gasteiger partial charge in [-0.15, -0.1) is 0 Å². The Labute approximate surface area is 158 Å². The number of aromatic hydroxyl groups is 1. The number of halogens is 1. The molecule has 0 saturated carbocycles. The zero-order valence-corrected chi connectivity index (χ0v) is 15.3. The fourth-order valence-electron chi connectivity index (χ4n) is 2.93. The van der Waals surface area contributed by atoms with Crippen molar-refractivity contribution in [2.45, 2.75) is 19.9 Å². The molecule has 3 aromatic carbocycles. The summed E-state index contributed by atoms with van der Waals surface area (Å²) >= 11 is 5.90. The van der Waals surface area contributed by atoms with E-state index in [9.17, 15) is 9.90 Å². The minimum Gasteiger partial charge on any atom is -0.507 e. The van der Waals surface area contributed by atoms with E-state index in [0.717, 1.165) is 17.5 Å². The van der Waals surface area contributed by atoms with Crippen LogP contribution in [0, 0.1) is 0 Å². The predicted octanol–water partition coefficient (Wildman–Crippen LogP) is 5.21. The second kappa shape index (κ2) is 8.07. The van der Waals surface area contributed by atoms with Gasteiger partial charge in [0.2, 0.25) is 0 Å². The van der Waals surface area contributed by atoms with Gasteiger partial charge in [-0.2, -0.15) is 0 Å². The number of aryl methyl sites for hydroxylation is 1. The van der Waals surface area contributed by atoms with Gasteiger partial charge in [-0.25, -0.2) is 0 Å². The Hall–Kier alpha value is -2.78. The number of carbonyl (C=O) groups is 1. The fraction of sp³-hybridized carbons (Fsp3) is 0.136. The molecular formula is C22H20ClNO2. The highest BCUT2D eigenvalue weighted by Crippen LogP contribution is 2.25. The number of phenols is 1. The Bertz CT molecular complexity index is 937. The largest absolute Gasteiger partial charge is 0.507 e. The lowest BCUT2D eigenvalue weighted by atomic mass is 9.97. The van der Waals surface area contributed by atoms with Gasteiger partial charge in [-0.3, -0.25) is 4.79 Å². The van der Waals surface area contributed by atoms with Gasteiger partial charge in [0, 0.05) is 11.6 Å². The van der Waals surface area contributed by atoms with Crippen LogP contribution in [0.5, 0.6) is 5.75 Å². The maximum atomic E-state index is 12.3. The molecule has 1 amide bonds. The van der Waals surface area contributed by atoms with Crippen LogP contribution in [-0.2, 0) is 13.0 Å². The van der Waals surface area contributed by atoms with Crippen molar-refractivity contribution in [1.29, 1.82) is 0 Å². The van der Waals surface area contributed by atoms with Crippen molar-refractivity contribution in [3.63, 3.8) is 0 Å². The van der Waals surface area contributed by atoms with Crippen molar-refractivity contribution >= 4 is 17.5 Å². The highest BCUT2D eigenvalue weighted by Gasteiger charge is 2.12. The van der Waals surface area contributed by atoms with E-state index in [4.69, 9.17) is 11.6 Å². The molecule has 26 heavy (non-hydrogen) atoms. The summed E-state index contributed by atoms with van der Waals surface area (Å²) in [4.78, 5) is 12.3. The van der Waals surface area contributed by atoms with Crippen LogP contribution in [0.1, 0.15) is 28.4 Å². The van der Waals surface area contributed by atoms with Crippen LogP contribution < -0.4 is 5.32 Å². The van der Waals surface area contributed by atoms with E-state index in [1.807, 2.05) is 24.3 Å². The highest BCUT2D eigenvalue weighted by molar-refractivity contribution is 6.31. The van der Waals surface area contributed by atoms with Crippen LogP contribution in [0.2, 0.25) is 5.02 Å². The average Bonchev–Trinajstić information content (AvgIpc) is 2.68. The number of carbonyl (C=O) groups excluding carboxylic acids is 1. The third kappa shape index (κ3) is 4.06. The molecule has 2 N–H and O–H groups in total. The fourth-order valence-corrected chi connectivity index (χ4v) is 3.10. The van der Waals surface area contributed by atoms with Gasteiger partial charge in [0.15, 0.2) is 0 Å². The Morgan fingerprint density at radius 3 is 2.65 bits per heavy atom. The van der Waals surface area contributed by atoms with E-state index in [0.29, 0.717) is 11.6 Å². The van der Waals surface area contributed by atoms with E-state index < -0.39 is 0 Å². The molecule has 0 bridgehead atoms. The third-order valence-electron chi connectivity index (χ3n) is 4.29. The standard InChI is InChI=1S/C22H20ClNO2/c1-2-16-7-3-4-9-19(16)17-8-5-6-15(12-17)14-24-22(26)20-13-18(23)10-11-21(20)25/h3-13,25H,2,14H2,1H3,(H,24,26). The number of hydrogen-bond donors (Lipinski definition) is 2. The molecule has 0 aliphatic rings. The highest BCUT2D eigenvalue weighted by atomic mass is 35.5. The van der Waals surface area contributed by atoms with E-state index >= 15 is 0 Å². The smallest absolute Gasteiger partial charge is 0.255 e. The second-order valence-corrected chi connectivity index (χ2v) is 6.49. The van der Waals surface area contributed by atoms with Crippen LogP contribution in [0.25, 0.3) is 11.1 Å². The van der Waals surface area contributed by atoms with Crippen molar-refractivity contribution in [1.82, 2.24) is 5.32 Å². The third-order valence-corrected chi connectivity index (χ3v) is 4.53. The molecule has 0 saturated heterocycles. The lowest BCUT2D eigenvalue weighted by Crippen LogP contribution is -2.22. The normalized spacial score (nSPS) is 10.5. The lowest BCUT2D eigenvalue weighted by Gasteiger charge is -2.11. The first-order valence-electron chi connectivity index (χ1n) is 8.52. The summed E-state index contributed by atoms with van der Waals surface area (Å²) in [7, 11) is 0. The van der Waals surface area contributed by atoms with Gasteiger partial charge in [0.1, 0.15) is 5.75 Å². The maximum absolute atomic E-state index is 12.3. The number of phenolic OH excluding ortho intramolecular Hbond substituents is 1. The van der Waals surface area contributed by atoms with E-state index in [-0.39, 0.29) is 17.2 Å². The Morgan fingerprint density at radius 2 is 1.85 bits per heavy atom. The van der Waals surface area contributed by atoms with Crippen molar-refractivity contribution in [2.75, 3.05) is 0 Å². The average molecular weight is 366 g/mol. The number of nitrogens with one attached hydrogen (secondary N) is 1. The van der Waals surface area contributed by atoms with E-state index in [2.05, 4.69) is 36.5 Å². The first-order valence-corrected chi connectivity index (χ1v) is 8.90. The molecule has 0 heterocycles.